The van der Waals surface area contributed by atoms with E-state index in [4.69, 9.17) is 11.6 Å². The van der Waals surface area contributed by atoms with Gasteiger partial charge in [-0.2, -0.15) is 0 Å². The van der Waals surface area contributed by atoms with Crippen molar-refractivity contribution in [3.63, 3.8) is 0 Å². The lowest BCUT2D eigenvalue weighted by Gasteiger charge is -2.14. The first-order chi connectivity index (χ1) is 7.59. The van der Waals surface area contributed by atoms with Gasteiger partial charge in [-0.25, -0.2) is 4.39 Å². The van der Waals surface area contributed by atoms with Crippen LogP contribution in [0.3, 0.4) is 0 Å². The van der Waals surface area contributed by atoms with Crippen molar-refractivity contribution in [2.45, 2.75) is 19.8 Å². The van der Waals surface area contributed by atoms with Crippen LogP contribution in [0, 0.1) is 18.7 Å². The Morgan fingerprint density at radius 1 is 1.62 bits per heavy atom. The van der Waals surface area contributed by atoms with Crippen molar-refractivity contribution in [1.29, 1.82) is 0 Å². The molecule has 0 spiro atoms. The van der Waals surface area contributed by atoms with Crippen LogP contribution >= 0.6 is 11.6 Å². The topological polar surface area (TPSA) is 32.3 Å². The summed E-state index contributed by atoms with van der Waals surface area (Å²) in [5.41, 5.74) is 1.16. The van der Waals surface area contributed by atoms with E-state index in [1.54, 1.807) is 6.92 Å². The van der Waals surface area contributed by atoms with Crippen LogP contribution in [-0.2, 0) is 6.42 Å². The van der Waals surface area contributed by atoms with Gasteiger partial charge in [-0.15, -0.1) is 0 Å². The number of rotatable bonds is 2. The summed E-state index contributed by atoms with van der Waals surface area (Å²) < 4.78 is 13.5. The molecule has 1 aliphatic heterocycles. The zero-order valence-electron chi connectivity index (χ0n) is 9.19. The third-order valence-electron chi connectivity index (χ3n) is 3.23. The molecule has 0 aliphatic carbocycles. The largest absolute Gasteiger partial charge is 0.506 e. The van der Waals surface area contributed by atoms with Gasteiger partial charge in [0.25, 0.3) is 0 Å². The molecule has 1 saturated heterocycles. The number of nitrogens with one attached hydrogen (secondary N) is 1. The average molecular weight is 244 g/mol. The van der Waals surface area contributed by atoms with Gasteiger partial charge in [0.15, 0.2) is 0 Å². The first kappa shape index (κ1) is 11.7. The maximum Gasteiger partial charge on any atom is 0.137 e. The smallest absolute Gasteiger partial charge is 0.137 e. The molecular weight excluding hydrogens is 229 g/mol. The summed E-state index contributed by atoms with van der Waals surface area (Å²) in [5, 5.41) is 13.2. The van der Waals surface area contributed by atoms with Crippen LogP contribution in [0.15, 0.2) is 6.07 Å². The molecule has 1 aliphatic rings. The Kier molecular flexibility index (Phi) is 3.36. The normalized spacial score (nSPS) is 20.3. The van der Waals surface area contributed by atoms with E-state index in [1.807, 2.05) is 0 Å². The second kappa shape index (κ2) is 4.60. The number of phenolic OH excluding ortho intramolecular Hbond substituents is 1. The quantitative estimate of drug-likeness (QED) is 0.837. The van der Waals surface area contributed by atoms with E-state index in [9.17, 15) is 9.50 Å². The Labute approximate surface area is 99.4 Å². The minimum absolute atomic E-state index is 0.0347. The molecule has 1 atom stereocenters. The number of hydrogen-bond donors (Lipinski definition) is 2. The molecule has 0 aromatic heterocycles. The van der Waals surface area contributed by atoms with Gasteiger partial charge in [-0.05, 0) is 50.4 Å². The Balaban J connectivity index is 2.31. The number of phenols is 1. The fourth-order valence-electron chi connectivity index (χ4n) is 2.18. The molecule has 1 unspecified atom stereocenters. The van der Waals surface area contributed by atoms with Gasteiger partial charge in [0, 0.05) is 5.56 Å². The van der Waals surface area contributed by atoms with Crippen LogP contribution in [-0.4, -0.2) is 18.2 Å². The molecule has 0 bridgehead atoms. The van der Waals surface area contributed by atoms with Gasteiger partial charge < -0.3 is 10.4 Å². The zero-order valence-corrected chi connectivity index (χ0v) is 9.94. The summed E-state index contributed by atoms with van der Waals surface area (Å²) in [6.45, 7) is 3.60. The van der Waals surface area contributed by atoms with Gasteiger partial charge in [0.2, 0.25) is 0 Å². The number of benzene rings is 1. The summed E-state index contributed by atoms with van der Waals surface area (Å²) in [7, 11) is 0. The molecule has 16 heavy (non-hydrogen) atoms. The number of hydrogen-bond acceptors (Lipinski definition) is 2. The van der Waals surface area contributed by atoms with Gasteiger partial charge in [-0.1, -0.05) is 11.6 Å². The molecule has 2 N–H and O–H groups in total. The van der Waals surface area contributed by atoms with Crippen LogP contribution in [0.1, 0.15) is 17.5 Å². The van der Waals surface area contributed by atoms with Crippen molar-refractivity contribution in [1.82, 2.24) is 5.32 Å². The van der Waals surface area contributed by atoms with Gasteiger partial charge in [-0.3, -0.25) is 0 Å². The predicted octanol–water partition coefficient (Wildman–Crippen LogP) is 2.65. The molecule has 1 aromatic rings. The standard InChI is InChI=1S/C12H15ClFNO/c1-7-9(4-8-2-3-15-6-8)12(16)10(13)5-11(7)14/h5,8,15-16H,2-4,6H2,1H3. The van der Waals surface area contributed by atoms with Crippen molar-refractivity contribution in [3.8, 4) is 5.75 Å². The Morgan fingerprint density at radius 3 is 3.00 bits per heavy atom. The highest BCUT2D eigenvalue weighted by atomic mass is 35.5. The summed E-state index contributed by atoms with van der Waals surface area (Å²) in [6.07, 6.45) is 1.75. The molecule has 2 nitrogen and oxygen atoms in total. The first-order valence-electron chi connectivity index (χ1n) is 5.46. The molecule has 0 saturated carbocycles. The van der Waals surface area contributed by atoms with Crippen molar-refractivity contribution in [3.05, 3.63) is 28.0 Å². The van der Waals surface area contributed by atoms with E-state index in [2.05, 4.69) is 5.32 Å². The van der Waals surface area contributed by atoms with Crippen LogP contribution in [0.25, 0.3) is 0 Å². The van der Waals surface area contributed by atoms with E-state index < -0.39 is 0 Å². The molecule has 1 fully saturated rings. The second-order valence-electron chi connectivity index (χ2n) is 4.36. The maximum atomic E-state index is 13.5. The highest BCUT2D eigenvalue weighted by molar-refractivity contribution is 6.32. The lowest BCUT2D eigenvalue weighted by Crippen LogP contribution is -2.11. The third-order valence-corrected chi connectivity index (χ3v) is 3.52. The average Bonchev–Trinajstić information content (AvgIpc) is 2.74. The SMILES string of the molecule is Cc1c(F)cc(Cl)c(O)c1CC1CCNC1. The monoisotopic (exact) mass is 243 g/mol. The van der Waals surface area contributed by atoms with E-state index in [0.717, 1.165) is 19.5 Å². The van der Waals surface area contributed by atoms with E-state index in [0.29, 0.717) is 23.5 Å². The van der Waals surface area contributed by atoms with Crippen LogP contribution in [0.5, 0.6) is 5.75 Å². The number of aromatic hydroxyl groups is 1. The highest BCUT2D eigenvalue weighted by Gasteiger charge is 2.20. The molecule has 0 amide bonds. The lowest BCUT2D eigenvalue weighted by atomic mass is 9.94. The molecule has 2 rings (SSSR count). The molecule has 4 heteroatoms. The third kappa shape index (κ3) is 2.15. The van der Waals surface area contributed by atoms with Gasteiger partial charge in [0.05, 0.1) is 5.02 Å². The fourth-order valence-corrected chi connectivity index (χ4v) is 2.39. The molecule has 0 radical (unpaired) electrons. The number of halogens is 2. The maximum absolute atomic E-state index is 13.5. The first-order valence-corrected chi connectivity index (χ1v) is 5.84. The van der Waals surface area contributed by atoms with Crippen LogP contribution in [0.4, 0.5) is 4.39 Å². The van der Waals surface area contributed by atoms with Crippen molar-refractivity contribution in [2.75, 3.05) is 13.1 Å². The molecule has 1 heterocycles. The molecule has 1 aromatic carbocycles. The second-order valence-corrected chi connectivity index (χ2v) is 4.76. The van der Waals surface area contributed by atoms with Gasteiger partial charge in [0.1, 0.15) is 11.6 Å². The van der Waals surface area contributed by atoms with Crippen LogP contribution < -0.4 is 5.32 Å². The predicted molar refractivity (Wildman–Crippen MR) is 62.5 cm³/mol. The summed E-state index contributed by atoms with van der Waals surface area (Å²) >= 11 is 5.77. The van der Waals surface area contributed by atoms with Crippen molar-refractivity contribution < 1.29 is 9.50 Å². The minimum atomic E-state index is -0.344. The lowest BCUT2D eigenvalue weighted by molar-refractivity contribution is 0.454. The minimum Gasteiger partial charge on any atom is -0.506 e. The Bertz CT molecular complexity index is 376. The fraction of sp³-hybridized carbons (Fsp3) is 0.500. The summed E-state index contributed by atoms with van der Waals surface area (Å²) in [5.74, 6) is 0.152. The zero-order chi connectivity index (χ0) is 11.7. The Hall–Kier alpha value is -0.800. The summed E-state index contributed by atoms with van der Waals surface area (Å²) in [4.78, 5) is 0. The highest BCUT2D eigenvalue weighted by Crippen LogP contribution is 2.34. The molecule has 88 valence electrons. The van der Waals surface area contributed by atoms with Crippen LogP contribution in [0.2, 0.25) is 5.02 Å². The summed E-state index contributed by atoms with van der Waals surface area (Å²) in [6, 6.07) is 1.17. The van der Waals surface area contributed by atoms with E-state index in [1.165, 1.54) is 6.07 Å². The van der Waals surface area contributed by atoms with E-state index >= 15 is 0 Å². The van der Waals surface area contributed by atoms with Gasteiger partial charge >= 0.3 is 0 Å². The Morgan fingerprint density at radius 2 is 2.38 bits per heavy atom. The van der Waals surface area contributed by atoms with Crippen molar-refractivity contribution >= 4 is 11.6 Å². The van der Waals surface area contributed by atoms with E-state index in [-0.39, 0.29) is 16.6 Å². The molecular formula is C12H15ClFNO. The van der Waals surface area contributed by atoms with Crippen molar-refractivity contribution in [2.24, 2.45) is 5.92 Å².